The van der Waals surface area contributed by atoms with Crippen LogP contribution in [0, 0.1) is 11.3 Å². The van der Waals surface area contributed by atoms with Crippen LogP contribution in [0.1, 0.15) is 43.2 Å². The number of ether oxygens (including phenoxy) is 1. The lowest BCUT2D eigenvalue weighted by atomic mass is 9.73. The zero-order chi connectivity index (χ0) is 25.3. The van der Waals surface area contributed by atoms with Crippen LogP contribution < -0.4 is 0 Å². The Balaban J connectivity index is 1.50. The maximum atomic E-state index is 11.6. The Hall–Kier alpha value is -1.96. The molecule has 3 rings (SSSR count). The molecule has 35 heavy (non-hydrogen) atoms. The van der Waals surface area contributed by atoms with E-state index in [-0.39, 0.29) is 11.8 Å². The van der Waals surface area contributed by atoms with E-state index in [1.165, 1.54) is 0 Å². The summed E-state index contributed by atoms with van der Waals surface area (Å²) in [7, 11) is 4.14. The van der Waals surface area contributed by atoms with Crippen LogP contribution in [0.25, 0.3) is 0 Å². The maximum absolute atomic E-state index is 11.6. The average molecular weight is 522 g/mol. The quantitative estimate of drug-likeness (QED) is 0.125. The predicted octanol–water partition coefficient (Wildman–Crippen LogP) is 6.03. The van der Waals surface area contributed by atoms with Crippen molar-refractivity contribution in [3.63, 3.8) is 0 Å². The normalized spacial score (nSPS) is 16.8. The number of rotatable bonds is 11. The topological polar surface area (TPSA) is 74.9 Å². The zero-order valence-electron chi connectivity index (χ0n) is 20.6. The summed E-state index contributed by atoms with van der Waals surface area (Å²) < 4.78 is 6.43. The number of hydrogen-bond acceptors (Lipinski definition) is 5. The molecule has 0 spiro atoms. The smallest absolute Gasteiger partial charge is 0.254 e. The van der Waals surface area contributed by atoms with E-state index in [0.29, 0.717) is 39.9 Å². The second-order valence-electron chi connectivity index (χ2n) is 9.82. The van der Waals surface area contributed by atoms with Gasteiger partial charge in [-0.3, -0.25) is 5.41 Å². The van der Waals surface area contributed by atoms with E-state index in [1.54, 1.807) is 12.3 Å². The maximum Gasteiger partial charge on any atom is 0.254 e. The first-order valence-electron chi connectivity index (χ1n) is 12.1. The van der Waals surface area contributed by atoms with E-state index >= 15 is 0 Å². The van der Waals surface area contributed by atoms with Crippen LogP contribution in [-0.4, -0.2) is 55.5 Å². The van der Waals surface area contributed by atoms with Crippen molar-refractivity contribution in [2.75, 3.05) is 33.8 Å². The van der Waals surface area contributed by atoms with E-state index in [1.807, 2.05) is 42.5 Å². The molecular formula is C27H36Cl2N3O3+. The Morgan fingerprint density at radius 2 is 1.83 bits per heavy atom. The van der Waals surface area contributed by atoms with Gasteiger partial charge in [-0.05, 0) is 36.1 Å². The summed E-state index contributed by atoms with van der Waals surface area (Å²) in [5.41, 5.74) is 0.186. The molecule has 1 saturated carbocycles. The third kappa shape index (κ3) is 7.76. The highest BCUT2D eigenvalue weighted by atomic mass is 35.5. The minimum absolute atomic E-state index is 0.0544. The van der Waals surface area contributed by atoms with Gasteiger partial charge in [0, 0.05) is 5.92 Å². The van der Waals surface area contributed by atoms with Crippen LogP contribution >= 0.6 is 23.2 Å². The van der Waals surface area contributed by atoms with Crippen molar-refractivity contribution in [2.24, 2.45) is 11.1 Å². The lowest BCUT2D eigenvalue weighted by Crippen LogP contribution is -2.45. The van der Waals surface area contributed by atoms with Crippen molar-refractivity contribution < 1.29 is 19.2 Å². The number of quaternary nitrogens is 1. The average Bonchev–Trinajstić information content (AvgIpc) is 2.87. The molecule has 8 heteroatoms. The van der Waals surface area contributed by atoms with Crippen molar-refractivity contribution in [3.8, 4) is 0 Å². The molecule has 190 valence electrons. The minimum atomic E-state index is -1.47. The molecule has 0 bridgehead atoms. The molecule has 0 radical (unpaired) electrons. The van der Waals surface area contributed by atoms with Gasteiger partial charge in [-0.2, -0.15) is 0 Å². The summed E-state index contributed by atoms with van der Waals surface area (Å²) in [6, 6.07) is 14.9. The highest BCUT2D eigenvalue weighted by molar-refractivity contribution is 6.42. The van der Waals surface area contributed by atoms with Crippen molar-refractivity contribution in [1.82, 2.24) is 0 Å². The van der Waals surface area contributed by atoms with Gasteiger partial charge in [0.15, 0.2) is 5.60 Å². The van der Waals surface area contributed by atoms with Crippen molar-refractivity contribution in [2.45, 2.75) is 44.3 Å². The van der Waals surface area contributed by atoms with Gasteiger partial charge < -0.3 is 19.2 Å². The molecule has 6 nitrogen and oxygen atoms in total. The van der Waals surface area contributed by atoms with Crippen molar-refractivity contribution >= 4 is 35.3 Å². The van der Waals surface area contributed by atoms with Crippen LogP contribution in [0.15, 0.2) is 53.7 Å². The molecule has 0 aromatic heterocycles. The van der Waals surface area contributed by atoms with E-state index in [0.717, 1.165) is 44.2 Å². The Kier molecular flexibility index (Phi) is 10.1. The lowest BCUT2D eigenvalue weighted by molar-refractivity contribution is -0.881. The standard InChI is InChI=1S/C27H36Cl2N3O3/c1-32(2,17-18-34-20-21-13-14-24(28)25(29)19-21)16-15-31-35-26(30)27(33,22-9-5-3-6-10-22)23-11-7-4-8-12-23/h3,5-6,9-10,13-15,19,23,30,33H,4,7-8,11-12,16-18,20H2,1-2H3/q+1/b30-26?,31-15+. The molecule has 1 fully saturated rings. The van der Waals surface area contributed by atoms with Crippen LogP contribution in [0.4, 0.5) is 0 Å². The third-order valence-corrected chi connectivity index (χ3v) is 7.38. The Morgan fingerprint density at radius 3 is 2.51 bits per heavy atom. The summed E-state index contributed by atoms with van der Waals surface area (Å²) in [6.45, 7) is 2.38. The largest absolute Gasteiger partial charge is 0.375 e. The first-order chi connectivity index (χ1) is 16.7. The number of halogens is 2. The van der Waals surface area contributed by atoms with E-state index < -0.39 is 5.60 Å². The summed E-state index contributed by atoms with van der Waals surface area (Å²) in [5, 5.41) is 25.3. The number of likely N-dealkylation sites (N-methyl/N-ethyl adjacent to an activating group) is 1. The summed E-state index contributed by atoms with van der Waals surface area (Å²) in [5.74, 6) is -0.275. The van der Waals surface area contributed by atoms with Gasteiger partial charge in [0.2, 0.25) is 0 Å². The third-order valence-electron chi connectivity index (χ3n) is 6.64. The van der Waals surface area contributed by atoms with E-state index in [9.17, 15) is 5.11 Å². The molecule has 2 aromatic carbocycles. The number of aliphatic hydroxyl groups is 1. The number of oxime groups is 1. The predicted molar refractivity (Wildman–Crippen MR) is 142 cm³/mol. The molecule has 0 saturated heterocycles. The molecule has 2 N–H and O–H groups in total. The van der Waals surface area contributed by atoms with Gasteiger partial charge in [-0.25, -0.2) is 0 Å². The van der Waals surface area contributed by atoms with Crippen molar-refractivity contribution in [3.05, 3.63) is 69.7 Å². The Bertz CT molecular complexity index is 994. The molecular weight excluding hydrogens is 485 g/mol. The minimum Gasteiger partial charge on any atom is -0.375 e. The SMILES string of the molecule is C[N+](C)(C/C=N/OC(=N)C(O)(c1ccccc1)C1CCCCC1)CCOCc1ccc(Cl)c(Cl)c1. The number of nitrogens with zero attached hydrogens (tertiary/aromatic N) is 2. The monoisotopic (exact) mass is 520 g/mol. The fraction of sp³-hybridized carbons (Fsp3) is 0.481. The lowest BCUT2D eigenvalue weighted by Gasteiger charge is -2.37. The molecule has 2 aromatic rings. The molecule has 0 amide bonds. The summed E-state index contributed by atoms with van der Waals surface area (Å²) in [6.07, 6.45) is 6.65. The Labute approximate surface area is 218 Å². The number of benzene rings is 2. The molecule has 1 atom stereocenters. The summed E-state index contributed by atoms with van der Waals surface area (Å²) in [4.78, 5) is 5.45. The van der Waals surface area contributed by atoms with Gasteiger partial charge in [-0.1, -0.05) is 84.0 Å². The number of nitrogens with one attached hydrogen (secondary N) is 1. The fourth-order valence-corrected chi connectivity index (χ4v) is 4.72. The van der Waals surface area contributed by atoms with Gasteiger partial charge >= 0.3 is 0 Å². The summed E-state index contributed by atoms with van der Waals surface area (Å²) >= 11 is 12.0. The molecule has 1 aliphatic rings. The van der Waals surface area contributed by atoms with Crippen LogP contribution in [0.5, 0.6) is 0 Å². The molecule has 0 heterocycles. The van der Waals surface area contributed by atoms with Crippen LogP contribution in [-0.2, 0) is 21.8 Å². The van der Waals surface area contributed by atoms with Crippen LogP contribution in [0.2, 0.25) is 10.0 Å². The van der Waals surface area contributed by atoms with Gasteiger partial charge in [-0.15, -0.1) is 0 Å². The van der Waals surface area contributed by atoms with Crippen molar-refractivity contribution in [1.29, 1.82) is 5.41 Å². The molecule has 0 aliphatic heterocycles. The molecule has 1 unspecified atom stereocenters. The van der Waals surface area contributed by atoms with Gasteiger partial charge in [0.05, 0.1) is 43.6 Å². The van der Waals surface area contributed by atoms with Gasteiger partial charge in [0.1, 0.15) is 13.1 Å². The second kappa shape index (κ2) is 12.8. The molecule has 1 aliphatic carbocycles. The number of hydrogen-bond donors (Lipinski definition) is 2. The zero-order valence-corrected chi connectivity index (χ0v) is 22.1. The Morgan fingerprint density at radius 1 is 1.11 bits per heavy atom. The van der Waals surface area contributed by atoms with Gasteiger partial charge in [0.25, 0.3) is 5.90 Å². The van der Waals surface area contributed by atoms with E-state index in [2.05, 4.69) is 19.3 Å². The fourth-order valence-electron chi connectivity index (χ4n) is 4.40. The highest BCUT2D eigenvalue weighted by Gasteiger charge is 2.45. The van der Waals surface area contributed by atoms with Crippen LogP contribution in [0.3, 0.4) is 0 Å². The van der Waals surface area contributed by atoms with E-state index in [4.69, 9.17) is 38.2 Å². The second-order valence-corrected chi connectivity index (χ2v) is 10.6. The highest BCUT2D eigenvalue weighted by Crippen LogP contribution is 2.40. The first kappa shape index (κ1) is 27.6. The first-order valence-corrected chi connectivity index (χ1v) is 12.9.